The molecule has 1 aromatic rings. The monoisotopic (exact) mass is 259 g/mol. The SMILES string of the molecule is CCCCCCN[C@H]1CC[C@H](c2ccccc2)CC1. The quantitative estimate of drug-likeness (QED) is 0.688. The van der Waals surface area contributed by atoms with Gasteiger partial charge < -0.3 is 5.32 Å². The molecular formula is C18H29N. The predicted octanol–water partition coefficient (Wildman–Crippen LogP) is 4.88. The first-order valence-electron chi connectivity index (χ1n) is 8.18. The molecule has 0 spiro atoms. The highest BCUT2D eigenvalue weighted by atomic mass is 14.9. The van der Waals surface area contributed by atoms with Crippen LogP contribution in [0.2, 0.25) is 0 Å². The minimum atomic E-state index is 0.779. The molecule has 1 aromatic carbocycles. The van der Waals surface area contributed by atoms with Crippen molar-refractivity contribution in [2.24, 2.45) is 0 Å². The van der Waals surface area contributed by atoms with Crippen LogP contribution in [0.5, 0.6) is 0 Å². The summed E-state index contributed by atoms with van der Waals surface area (Å²) in [5.74, 6) is 0.805. The summed E-state index contributed by atoms with van der Waals surface area (Å²) in [6, 6.07) is 11.8. The van der Waals surface area contributed by atoms with Crippen LogP contribution in [0.25, 0.3) is 0 Å². The molecule has 0 bridgehead atoms. The van der Waals surface area contributed by atoms with Crippen molar-refractivity contribution >= 4 is 0 Å². The molecule has 0 radical (unpaired) electrons. The van der Waals surface area contributed by atoms with E-state index < -0.39 is 0 Å². The Morgan fingerprint density at radius 1 is 0.947 bits per heavy atom. The third kappa shape index (κ3) is 4.99. The van der Waals surface area contributed by atoms with E-state index in [-0.39, 0.29) is 0 Å². The summed E-state index contributed by atoms with van der Waals surface area (Å²) in [6.07, 6.45) is 10.9. The normalized spacial score (nSPS) is 23.4. The Balaban J connectivity index is 1.63. The number of benzene rings is 1. The van der Waals surface area contributed by atoms with Gasteiger partial charge in [-0.2, -0.15) is 0 Å². The molecule has 0 amide bonds. The minimum absolute atomic E-state index is 0.779. The van der Waals surface area contributed by atoms with Crippen molar-refractivity contribution in [2.45, 2.75) is 70.3 Å². The van der Waals surface area contributed by atoms with Gasteiger partial charge in [0.15, 0.2) is 0 Å². The fraction of sp³-hybridized carbons (Fsp3) is 0.667. The number of nitrogens with one attached hydrogen (secondary N) is 1. The van der Waals surface area contributed by atoms with Gasteiger partial charge in [0, 0.05) is 6.04 Å². The van der Waals surface area contributed by atoms with Crippen LogP contribution in [0.15, 0.2) is 30.3 Å². The Kier molecular flexibility index (Phi) is 6.43. The third-order valence-electron chi connectivity index (χ3n) is 4.46. The first-order valence-corrected chi connectivity index (χ1v) is 8.18. The highest BCUT2D eigenvalue weighted by Crippen LogP contribution is 2.32. The fourth-order valence-electron chi connectivity index (χ4n) is 3.21. The first-order chi connectivity index (χ1) is 9.40. The Morgan fingerprint density at radius 2 is 1.68 bits per heavy atom. The number of rotatable bonds is 7. The molecule has 0 unspecified atom stereocenters. The molecule has 19 heavy (non-hydrogen) atoms. The summed E-state index contributed by atoms with van der Waals surface area (Å²) < 4.78 is 0. The van der Waals surface area contributed by atoms with Crippen LogP contribution in [0.3, 0.4) is 0 Å². The van der Waals surface area contributed by atoms with Gasteiger partial charge in [-0.15, -0.1) is 0 Å². The summed E-state index contributed by atoms with van der Waals surface area (Å²) in [7, 11) is 0. The lowest BCUT2D eigenvalue weighted by atomic mass is 9.82. The zero-order chi connectivity index (χ0) is 13.3. The van der Waals surface area contributed by atoms with E-state index in [1.54, 1.807) is 5.56 Å². The molecule has 1 nitrogen and oxygen atoms in total. The molecule has 0 heterocycles. The van der Waals surface area contributed by atoms with E-state index >= 15 is 0 Å². The second-order valence-corrected chi connectivity index (χ2v) is 5.97. The van der Waals surface area contributed by atoms with Gasteiger partial charge in [-0.25, -0.2) is 0 Å². The van der Waals surface area contributed by atoms with Gasteiger partial charge in [-0.05, 0) is 50.1 Å². The van der Waals surface area contributed by atoms with Gasteiger partial charge in [0.1, 0.15) is 0 Å². The van der Waals surface area contributed by atoms with Crippen LogP contribution in [-0.2, 0) is 0 Å². The molecule has 1 N–H and O–H groups in total. The van der Waals surface area contributed by atoms with Crippen molar-refractivity contribution in [2.75, 3.05) is 6.54 Å². The molecule has 1 fully saturated rings. The number of hydrogen-bond acceptors (Lipinski definition) is 1. The summed E-state index contributed by atoms with van der Waals surface area (Å²) in [6.45, 7) is 3.50. The molecule has 0 aliphatic heterocycles. The van der Waals surface area contributed by atoms with Gasteiger partial charge in [0.05, 0.1) is 0 Å². The van der Waals surface area contributed by atoms with Crippen molar-refractivity contribution in [3.8, 4) is 0 Å². The second-order valence-electron chi connectivity index (χ2n) is 5.97. The molecular weight excluding hydrogens is 230 g/mol. The van der Waals surface area contributed by atoms with Crippen molar-refractivity contribution in [3.05, 3.63) is 35.9 Å². The maximum atomic E-state index is 3.75. The fourth-order valence-corrected chi connectivity index (χ4v) is 3.21. The minimum Gasteiger partial charge on any atom is -0.314 e. The van der Waals surface area contributed by atoms with Gasteiger partial charge in [-0.1, -0.05) is 56.5 Å². The van der Waals surface area contributed by atoms with Crippen molar-refractivity contribution < 1.29 is 0 Å². The zero-order valence-electron chi connectivity index (χ0n) is 12.4. The smallest absolute Gasteiger partial charge is 0.00674 e. The van der Waals surface area contributed by atoms with Crippen LogP contribution in [0, 0.1) is 0 Å². The van der Waals surface area contributed by atoms with Gasteiger partial charge >= 0.3 is 0 Å². The molecule has 0 aromatic heterocycles. The second kappa shape index (κ2) is 8.37. The van der Waals surface area contributed by atoms with Crippen molar-refractivity contribution in [1.29, 1.82) is 0 Å². The predicted molar refractivity (Wildman–Crippen MR) is 83.6 cm³/mol. The van der Waals surface area contributed by atoms with Crippen molar-refractivity contribution in [1.82, 2.24) is 5.32 Å². The van der Waals surface area contributed by atoms with E-state index in [0.717, 1.165) is 12.0 Å². The summed E-state index contributed by atoms with van der Waals surface area (Å²) >= 11 is 0. The van der Waals surface area contributed by atoms with Crippen LogP contribution >= 0.6 is 0 Å². The van der Waals surface area contributed by atoms with Crippen LogP contribution < -0.4 is 5.32 Å². The third-order valence-corrected chi connectivity index (χ3v) is 4.46. The van der Waals surface area contributed by atoms with Crippen LogP contribution in [-0.4, -0.2) is 12.6 Å². The highest BCUT2D eigenvalue weighted by molar-refractivity contribution is 5.20. The maximum absolute atomic E-state index is 3.75. The summed E-state index contributed by atoms with van der Waals surface area (Å²) in [5, 5.41) is 3.75. The number of unbranched alkanes of at least 4 members (excludes halogenated alkanes) is 3. The van der Waals surface area contributed by atoms with Crippen LogP contribution in [0.4, 0.5) is 0 Å². The topological polar surface area (TPSA) is 12.0 Å². The molecule has 0 atom stereocenters. The van der Waals surface area contributed by atoms with E-state index in [4.69, 9.17) is 0 Å². The summed E-state index contributed by atoms with van der Waals surface area (Å²) in [5.41, 5.74) is 1.55. The van der Waals surface area contributed by atoms with Gasteiger partial charge in [-0.3, -0.25) is 0 Å². The molecule has 0 saturated heterocycles. The Morgan fingerprint density at radius 3 is 2.37 bits per heavy atom. The Hall–Kier alpha value is -0.820. The lowest BCUT2D eigenvalue weighted by Gasteiger charge is -2.29. The maximum Gasteiger partial charge on any atom is 0.00674 e. The Labute approximate surface area is 118 Å². The standard InChI is InChI=1S/C18H29N/c1-2-3-4-8-15-19-18-13-11-17(12-14-18)16-9-6-5-7-10-16/h5-7,9-10,17-19H,2-4,8,11-15H2,1H3/t17-,18-. The average Bonchev–Trinajstić information content (AvgIpc) is 2.49. The van der Waals surface area contributed by atoms with E-state index in [0.29, 0.717) is 0 Å². The summed E-state index contributed by atoms with van der Waals surface area (Å²) in [4.78, 5) is 0. The van der Waals surface area contributed by atoms with E-state index in [1.807, 2.05) is 0 Å². The largest absolute Gasteiger partial charge is 0.314 e. The molecule has 1 heteroatoms. The van der Waals surface area contributed by atoms with E-state index in [1.165, 1.54) is 57.9 Å². The molecule has 1 saturated carbocycles. The first kappa shape index (κ1) is 14.6. The zero-order valence-corrected chi connectivity index (χ0v) is 12.4. The number of hydrogen-bond donors (Lipinski definition) is 1. The van der Waals surface area contributed by atoms with E-state index in [9.17, 15) is 0 Å². The van der Waals surface area contributed by atoms with Gasteiger partial charge in [0.25, 0.3) is 0 Å². The molecule has 1 aliphatic carbocycles. The molecule has 1 aliphatic rings. The lowest BCUT2D eigenvalue weighted by molar-refractivity contribution is 0.340. The molecule has 2 rings (SSSR count). The lowest BCUT2D eigenvalue weighted by Crippen LogP contribution is -2.33. The van der Waals surface area contributed by atoms with Gasteiger partial charge in [0.2, 0.25) is 0 Å². The van der Waals surface area contributed by atoms with E-state index in [2.05, 4.69) is 42.6 Å². The molecule has 106 valence electrons. The highest BCUT2D eigenvalue weighted by Gasteiger charge is 2.21. The Bertz CT molecular complexity index is 325. The van der Waals surface area contributed by atoms with Crippen LogP contribution in [0.1, 0.15) is 69.8 Å². The average molecular weight is 259 g/mol. The van der Waals surface area contributed by atoms with Crippen molar-refractivity contribution in [3.63, 3.8) is 0 Å².